The zero-order valence-corrected chi connectivity index (χ0v) is 19.4. The molecule has 1 fully saturated rings. The Morgan fingerprint density at radius 1 is 1.16 bits per heavy atom. The van der Waals surface area contributed by atoms with Crippen LogP contribution in [0.15, 0.2) is 41.1 Å². The van der Waals surface area contributed by atoms with E-state index >= 15 is 0 Å². The number of ether oxygens (including phenoxy) is 2. The number of nitrogens with one attached hydrogen (secondary N) is 1. The average molecular weight is 502 g/mol. The van der Waals surface area contributed by atoms with Crippen molar-refractivity contribution in [1.29, 1.82) is 0 Å². The lowest BCUT2D eigenvalue weighted by Gasteiger charge is -2.31. The van der Waals surface area contributed by atoms with Crippen LogP contribution in [-0.4, -0.2) is 72.3 Å². The predicted octanol–water partition coefficient (Wildman–Crippen LogP) is 4.05. The number of rotatable bonds is 4. The van der Waals surface area contributed by atoms with Crippen LogP contribution >= 0.6 is 15.9 Å². The second-order valence-electron chi connectivity index (χ2n) is 8.27. The van der Waals surface area contributed by atoms with E-state index in [9.17, 15) is 4.39 Å². The highest BCUT2D eigenvalue weighted by Crippen LogP contribution is 2.38. The Morgan fingerprint density at radius 2 is 2.06 bits per heavy atom. The van der Waals surface area contributed by atoms with Gasteiger partial charge in [-0.05, 0) is 60.7 Å². The fourth-order valence-electron chi connectivity index (χ4n) is 4.15. The molecule has 2 aromatic carbocycles. The summed E-state index contributed by atoms with van der Waals surface area (Å²) in [5.74, 6) is 1.46. The number of aromatic nitrogens is 2. The summed E-state index contributed by atoms with van der Waals surface area (Å²) in [6.07, 6.45) is 2.56. The highest BCUT2D eigenvalue weighted by molar-refractivity contribution is 9.10. The lowest BCUT2D eigenvalue weighted by Crippen LogP contribution is -2.42. The minimum Gasteiger partial charge on any atom is -0.486 e. The minimum absolute atomic E-state index is 0.0491. The fourth-order valence-corrected chi connectivity index (χ4v) is 4.52. The van der Waals surface area contributed by atoms with Gasteiger partial charge >= 0.3 is 0 Å². The standard InChI is InChI=1S/C23H25BrFN5O2/c1-29-6-3-7-30(9-8-29)12-15-13-31-20-11-19-16(10-21(20)32-15)23(27-14-26-19)28-18-5-2-4-17(24)22(18)25/h2,4-5,10-11,14-15H,3,6-9,12-13H2,1H3,(H,26,27,28)/t15-/m0/s1. The molecule has 1 saturated heterocycles. The summed E-state index contributed by atoms with van der Waals surface area (Å²) in [5, 5.41) is 3.83. The molecule has 0 spiro atoms. The molecule has 0 amide bonds. The summed E-state index contributed by atoms with van der Waals surface area (Å²) in [7, 11) is 2.17. The van der Waals surface area contributed by atoms with E-state index in [-0.39, 0.29) is 11.9 Å². The van der Waals surface area contributed by atoms with Crippen molar-refractivity contribution in [3.63, 3.8) is 0 Å². The number of likely N-dealkylation sites (N-methyl/N-ethyl adjacent to an activating group) is 1. The maximum absolute atomic E-state index is 14.5. The average Bonchev–Trinajstić information content (AvgIpc) is 3.00. The Hall–Kier alpha value is -2.49. The van der Waals surface area contributed by atoms with E-state index in [1.807, 2.05) is 12.1 Å². The van der Waals surface area contributed by atoms with Crippen LogP contribution in [0.4, 0.5) is 15.9 Å². The summed E-state index contributed by atoms with van der Waals surface area (Å²) < 4.78 is 27.2. The summed E-state index contributed by atoms with van der Waals surface area (Å²) in [6, 6.07) is 8.82. The summed E-state index contributed by atoms with van der Waals surface area (Å²) in [5.41, 5.74) is 1.03. The molecule has 2 aliphatic rings. The highest BCUT2D eigenvalue weighted by Gasteiger charge is 2.25. The second kappa shape index (κ2) is 9.17. The van der Waals surface area contributed by atoms with Gasteiger partial charge in [0.2, 0.25) is 0 Å². The molecule has 9 heteroatoms. The Kier molecular flexibility index (Phi) is 6.12. The summed E-state index contributed by atoms with van der Waals surface area (Å²) in [4.78, 5) is 13.5. The number of fused-ring (bicyclic) bond motifs is 2. The molecule has 1 atom stereocenters. The van der Waals surface area contributed by atoms with Crippen LogP contribution < -0.4 is 14.8 Å². The van der Waals surface area contributed by atoms with Crippen molar-refractivity contribution in [2.75, 3.05) is 51.7 Å². The van der Waals surface area contributed by atoms with Gasteiger partial charge in [-0.25, -0.2) is 14.4 Å². The normalized spacial score (nSPS) is 19.7. The zero-order valence-electron chi connectivity index (χ0n) is 17.9. The van der Waals surface area contributed by atoms with E-state index in [0.717, 1.165) is 44.5 Å². The molecular weight excluding hydrogens is 477 g/mol. The molecule has 0 bridgehead atoms. The van der Waals surface area contributed by atoms with Crippen molar-refractivity contribution in [3.8, 4) is 11.5 Å². The molecule has 5 rings (SSSR count). The molecule has 0 unspecified atom stereocenters. The van der Waals surface area contributed by atoms with Crippen LogP contribution in [0, 0.1) is 5.82 Å². The van der Waals surface area contributed by atoms with Crippen LogP contribution in [-0.2, 0) is 0 Å². The molecule has 1 N–H and O–H groups in total. The number of halogens is 2. The molecule has 3 heterocycles. The predicted molar refractivity (Wildman–Crippen MR) is 125 cm³/mol. The molecule has 0 saturated carbocycles. The number of benzene rings is 2. The molecule has 1 aromatic heterocycles. The monoisotopic (exact) mass is 501 g/mol. The topological polar surface area (TPSA) is 62.8 Å². The van der Waals surface area contributed by atoms with Gasteiger partial charge in [-0.15, -0.1) is 0 Å². The Balaban J connectivity index is 1.38. The first-order chi connectivity index (χ1) is 15.6. The Bertz CT molecular complexity index is 1130. The van der Waals surface area contributed by atoms with Gasteiger partial charge in [-0.2, -0.15) is 0 Å². The molecule has 0 aliphatic carbocycles. The molecule has 2 aliphatic heterocycles. The van der Waals surface area contributed by atoms with Crippen LogP contribution in [0.2, 0.25) is 0 Å². The van der Waals surface area contributed by atoms with Gasteiger partial charge in [0.15, 0.2) is 17.3 Å². The number of anilines is 2. The quantitative estimate of drug-likeness (QED) is 0.578. The van der Waals surface area contributed by atoms with Gasteiger partial charge in [0.1, 0.15) is 24.9 Å². The first-order valence-corrected chi connectivity index (χ1v) is 11.6. The van der Waals surface area contributed by atoms with Gasteiger partial charge < -0.3 is 19.7 Å². The van der Waals surface area contributed by atoms with Gasteiger partial charge in [0.05, 0.1) is 15.7 Å². The summed E-state index contributed by atoms with van der Waals surface area (Å²) in [6.45, 7) is 5.61. The molecule has 32 heavy (non-hydrogen) atoms. The van der Waals surface area contributed by atoms with E-state index in [1.54, 1.807) is 18.2 Å². The van der Waals surface area contributed by atoms with Crippen molar-refractivity contribution in [2.24, 2.45) is 0 Å². The maximum Gasteiger partial charge on any atom is 0.163 e. The molecular formula is C23H25BrFN5O2. The minimum atomic E-state index is -0.375. The van der Waals surface area contributed by atoms with Gasteiger partial charge in [-0.1, -0.05) is 6.07 Å². The fraction of sp³-hybridized carbons (Fsp3) is 0.391. The lowest BCUT2D eigenvalue weighted by atomic mass is 10.1. The lowest BCUT2D eigenvalue weighted by molar-refractivity contribution is 0.0601. The number of hydrogen-bond acceptors (Lipinski definition) is 7. The van der Waals surface area contributed by atoms with Gasteiger partial charge in [0.25, 0.3) is 0 Å². The van der Waals surface area contributed by atoms with E-state index in [1.165, 1.54) is 6.33 Å². The van der Waals surface area contributed by atoms with Crippen LogP contribution in [0.3, 0.4) is 0 Å². The van der Waals surface area contributed by atoms with E-state index < -0.39 is 0 Å². The SMILES string of the molecule is CN1CCCN(C[C@H]2COc3cc4ncnc(Nc5cccc(Br)c5F)c4cc3O2)CC1. The first kappa shape index (κ1) is 21.4. The largest absolute Gasteiger partial charge is 0.486 e. The van der Waals surface area contributed by atoms with E-state index in [2.05, 4.69) is 48.1 Å². The third-order valence-corrected chi connectivity index (χ3v) is 6.51. The van der Waals surface area contributed by atoms with Crippen molar-refractivity contribution < 1.29 is 13.9 Å². The van der Waals surface area contributed by atoms with Crippen LogP contribution in [0.1, 0.15) is 6.42 Å². The maximum atomic E-state index is 14.5. The number of nitrogens with zero attached hydrogens (tertiary/aromatic N) is 4. The van der Waals surface area contributed by atoms with Crippen LogP contribution in [0.5, 0.6) is 11.5 Å². The van der Waals surface area contributed by atoms with Gasteiger partial charge in [0, 0.05) is 31.1 Å². The Morgan fingerprint density at radius 3 is 2.97 bits per heavy atom. The third kappa shape index (κ3) is 4.51. The van der Waals surface area contributed by atoms with Crippen molar-refractivity contribution in [2.45, 2.75) is 12.5 Å². The molecule has 168 valence electrons. The molecule has 0 radical (unpaired) electrons. The first-order valence-electron chi connectivity index (χ1n) is 10.8. The van der Waals surface area contributed by atoms with E-state index in [0.29, 0.717) is 39.6 Å². The van der Waals surface area contributed by atoms with Crippen molar-refractivity contribution in [3.05, 3.63) is 46.9 Å². The van der Waals surface area contributed by atoms with Crippen molar-refractivity contribution >= 4 is 38.3 Å². The molecule has 3 aromatic rings. The zero-order chi connectivity index (χ0) is 22.1. The summed E-state index contributed by atoms with van der Waals surface area (Å²) >= 11 is 3.22. The van der Waals surface area contributed by atoms with Crippen molar-refractivity contribution in [1.82, 2.24) is 19.8 Å². The highest BCUT2D eigenvalue weighted by atomic mass is 79.9. The second-order valence-corrected chi connectivity index (χ2v) is 9.13. The smallest absolute Gasteiger partial charge is 0.163 e. The van der Waals surface area contributed by atoms with Gasteiger partial charge in [-0.3, -0.25) is 4.90 Å². The van der Waals surface area contributed by atoms with E-state index in [4.69, 9.17) is 9.47 Å². The third-order valence-electron chi connectivity index (χ3n) is 5.90. The Labute approximate surface area is 194 Å². The number of hydrogen-bond donors (Lipinski definition) is 1. The van der Waals surface area contributed by atoms with Crippen LogP contribution in [0.25, 0.3) is 10.9 Å². The molecule has 7 nitrogen and oxygen atoms in total.